The molecule has 0 bridgehead atoms. The number of rotatable bonds is 3. The summed E-state index contributed by atoms with van der Waals surface area (Å²) in [6.07, 6.45) is 1.56. The molecule has 0 saturated heterocycles. The Bertz CT molecular complexity index is 220. The maximum absolute atomic E-state index is 10.7. The van der Waals surface area contributed by atoms with Crippen LogP contribution in [0.15, 0.2) is 0 Å². The molecule has 0 radical (unpaired) electrons. The Balaban J connectivity index is 2.60. The fourth-order valence-electron chi connectivity index (χ4n) is 1.39. The predicted octanol–water partition coefficient (Wildman–Crippen LogP) is 0.376. The molecule has 0 aromatic rings. The van der Waals surface area contributed by atoms with Gasteiger partial charge in [-0.05, 0) is 19.8 Å². The Kier molecular flexibility index (Phi) is 2.08. The van der Waals surface area contributed by atoms with Crippen molar-refractivity contribution in [1.29, 1.82) is 0 Å². The molecule has 1 fully saturated rings. The molecule has 1 saturated carbocycles. The molecule has 0 spiro atoms. The lowest BCUT2D eigenvalue weighted by Gasteiger charge is -2.20. The number of carboxylic acid groups (broad SMARTS) is 1. The van der Waals surface area contributed by atoms with Crippen LogP contribution in [0.25, 0.3) is 0 Å². The summed E-state index contributed by atoms with van der Waals surface area (Å²) in [4.78, 5) is 21.3. The number of aliphatic carboxylic acids is 1. The molecular formula is C8H13NO3. The van der Waals surface area contributed by atoms with Gasteiger partial charge in [-0.2, -0.15) is 0 Å². The molecule has 1 rings (SSSR count). The molecule has 1 atom stereocenters. The van der Waals surface area contributed by atoms with E-state index in [9.17, 15) is 9.59 Å². The van der Waals surface area contributed by atoms with Gasteiger partial charge in [-0.15, -0.1) is 0 Å². The number of amides is 1. The van der Waals surface area contributed by atoms with Crippen LogP contribution < -0.4 is 5.32 Å². The lowest BCUT2D eigenvalue weighted by molar-refractivity contribution is -0.142. The Morgan fingerprint density at radius 3 is 2.25 bits per heavy atom. The first-order chi connectivity index (χ1) is 5.48. The highest BCUT2D eigenvalue weighted by Gasteiger charge is 2.51. The summed E-state index contributed by atoms with van der Waals surface area (Å²) in [5.74, 6) is -1.48. The van der Waals surface area contributed by atoms with Crippen LogP contribution in [-0.4, -0.2) is 22.5 Å². The molecule has 1 unspecified atom stereocenters. The topological polar surface area (TPSA) is 66.4 Å². The summed E-state index contributed by atoms with van der Waals surface area (Å²) in [5, 5.41) is 11.4. The molecule has 0 aromatic carbocycles. The first-order valence-corrected chi connectivity index (χ1v) is 3.99. The summed E-state index contributed by atoms with van der Waals surface area (Å²) >= 11 is 0. The average Bonchev–Trinajstić information content (AvgIpc) is 2.66. The molecule has 12 heavy (non-hydrogen) atoms. The third kappa shape index (κ3) is 1.57. The summed E-state index contributed by atoms with van der Waals surface area (Å²) in [5.41, 5.74) is -0.447. The van der Waals surface area contributed by atoms with Crippen LogP contribution in [0.5, 0.6) is 0 Å². The Labute approximate surface area is 71.0 Å². The third-order valence-corrected chi connectivity index (χ3v) is 2.41. The second kappa shape index (κ2) is 2.77. The van der Waals surface area contributed by atoms with Gasteiger partial charge in [0, 0.05) is 6.92 Å². The molecule has 2 N–H and O–H groups in total. The highest BCUT2D eigenvalue weighted by atomic mass is 16.4. The summed E-state index contributed by atoms with van der Waals surface area (Å²) in [6.45, 7) is 3.04. The van der Waals surface area contributed by atoms with Gasteiger partial charge in [-0.3, -0.25) is 9.59 Å². The normalized spacial score (nSPS) is 21.2. The van der Waals surface area contributed by atoms with Crippen LogP contribution >= 0.6 is 0 Å². The largest absolute Gasteiger partial charge is 0.481 e. The number of carbonyl (C=O) groups excluding carboxylic acids is 1. The quantitative estimate of drug-likeness (QED) is 0.645. The van der Waals surface area contributed by atoms with Gasteiger partial charge in [0.2, 0.25) is 5.91 Å². The van der Waals surface area contributed by atoms with Crippen LogP contribution in [0, 0.1) is 5.92 Å². The van der Waals surface area contributed by atoms with Gasteiger partial charge in [0.05, 0.1) is 11.5 Å². The van der Waals surface area contributed by atoms with Crippen LogP contribution in [0.2, 0.25) is 0 Å². The number of nitrogens with one attached hydrogen (secondary N) is 1. The Hall–Kier alpha value is -1.06. The van der Waals surface area contributed by atoms with Crippen LogP contribution in [-0.2, 0) is 9.59 Å². The van der Waals surface area contributed by atoms with E-state index in [4.69, 9.17) is 5.11 Å². The summed E-state index contributed by atoms with van der Waals surface area (Å²) in [6, 6.07) is 0. The number of carbonyl (C=O) groups is 2. The minimum atomic E-state index is -0.846. The molecule has 0 aliphatic heterocycles. The van der Waals surface area contributed by atoms with Crippen LogP contribution in [0.4, 0.5) is 0 Å². The third-order valence-electron chi connectivity index (χ3n) is 2.41. The average molecular weight is 171 g/mol. The molecular weight excluding hydrogens is 158 g/mol. The molecule has 1 aliphatic rings. The SMILES string of the molecule is CC(=O)NC1(C(C)C(=O)O)CC1. The van der Waals surface area contributed by atoms with Crippen molar-refractivity contribution < 1.29 is 14.7 Å². The fraction of sp³-hybridized carbons (Fsp3) is 0.750. The predicted molar refractivity (Wildman–Crippen MR) is 42.6 cm³/mol. The summed E-state index contributed by atoms with van der Waals surface area (Å²) in [7, 11) is 0. The second-order valence-corrected chi connectivity index (χ2v) is 3.40. The van der Waals surface area contributed by atoms with Crippen molar-refractivity contribution in [2.75, 3.05) is 0 Å². The van der Waals surface area contributed by atoms with Gasteiger partial charge >= 0.3 is 5.97 Å². The number of carboxylic acids is 1. The molecule has 4 nitrogen and oxygen atoms in total. The van der Waals surface area contributed by atoms with E-state index in [1.807, 2.05) is 0 Å². The smallest absolute Gasteiger partial charge is 0.308 e. The Morgan fingerprint density at radius 2 is 2.00 bits per heavy atom. The van der Waals surface area contributed by atoms with Crippen molar-refractivity contribution in [3.8, 4) is 0 Å². The monoisotopic (exact) mass is 171 g/mol. The van der Waals surface area contributed by atoms with E-state index in [1.54, 1.807) is 6.92 Å². The van der Waals surface area contributed by atoms with Gasteiger partial charge in [0.15, 0.2) is 0 Å². The minimum Gasteiger partial charge on any atom is -0.481 e. The van der Waals surface area contributed by atoms with E-state index >= 15 is 0 Å². The first kappa shape index (κ1) is 9.03. The zero-order valence-corrected chi connectivity index (χ0v) is 7.26. The van der Waals surface area contributed by atoms with E-state index in [1.165, 1.54) is 6.92 Å². The van der Waals surface area contributed by atoms with Gasteiger partial charge in [-0.25, -0.2) is 0 Å². The van der Waals surface area contributed by atoms with E-state index in [2.05, 4.69) is 5.32 Å². The van der Waals surface area contributed by atoms with Gasteiger partial charge in [-0.1, -0.05) is 0 Å². The van der Waals surface area contributed by atoms with Crippen molar-refractivity contribution in [1.82, 2.24) is 5.32 Å². The molecule has 1 aliphatic carbocycles. The zero-order valence-electron chi connectivity index (χ0n) is 7.26. The molecule has 1 amide bonds. The lowest BCUT2D eigenvalue weighted by Crippen LogP contribution is -2.43. The van der Waals surface area contributed by atoms with Gasteiger partial charge in [0.25, 0.3) is 0 Å². The summed E-state index contributed by atoms with van der Waals surface area (Å²) < 4.78 is 0. The molecule has 0 heterocycles. The standard InChI is InChI=1S/C8H13NO3/c1-5(7(11)12)8(3-4-8)9-6(2)10/h5H,3-4H2,1-2H3,(H,9,10)(H,11,12). The van der Waals surface area contributed by atoms with Crippen molar-refractivity contribution in [2.24, 2.45) is 5.92 Å². The number of hydrogen-bond acceptors (Lipinski definition) is 2. The molecule has 0 aromatic heterocycles. The van der Waals surface area contributed by atoms with Crippen molar-refractivity contribution in [2.45, 2.75) is 32.2 Å². The second-order valence-electron chi connectivity index (χ2n) is 3.40. The van der Waals surface area contributed by atoms with Crippen molar-refractivity contribution in [3.63, 3.8) is 0 Å². The highest BCUT2D eigenvalue weighted by molar-refractivity contribution is 5.78. The van der Waals surface area contributed by atoms with E-state index in [0.717, 1.165) is 12.8 Å². The van der Waals surface area contributed by atoms with Crippen molar-refractivity contribution >= 4 is 11.9 Å². The van der Waals surface area contributed by atoms with Gasteiger partial charge in [0.1, 0.15) is 0 Å². The van der Waals surface area contributed by atoms with Crippen LogP contribution in [0.1, 0.15) is 26.7 Å². The zero-order chi connectivity index (χ0) is 9.35. The Morgan fingerprint density at radius 1 is 1.50 bits per heavy atom. The van der Waals surface area contributed by atoms with E-state index < -0.39 is 17.4 Å². The lowest BCUT2D eigenvalue weighted by atomic mass is 10.00. The van der Waals surface area contributed by atoms with E-state index in [0.29, 0.717) is 0 Å². The fourth-order valence-corrected chi connectivity index (χ4v) is 1.39. The van der Waals surface area contributed by atoms with E-state index in [-0.39, 0.29) is 5.91 Å². The first-order valence-electron chi connectivity index (χ1n) is 3.99. The number of hydrogen-bond donors (Lipinski definition) is 2. The van der Waals surface area contributed by atoms with Gasteiger partial charge < -0.3 is 10.4 Å². The van der Waals surface area contributed by atoms with Crippen molar-refractivity contribution in [3.05, 3.63) is 0 Å². The van der Waals surface area contributed by atoms with Crippen LogP contribution in [0.3, 0.4) is 0 Å². The molecule has 68 valence electrons. The maximum Gasteiger partial charge on any atom is 0.308 e. The highest BCUT2D eigenvalue weighted by Crippen LogP contribution is 2.42. The maximum atomic E-state index is 10.7. The minimum absolute atomic E-state index is 0.152. The molecule has 4 heteroatoms.